The molecule has 4 nitrogen and oxygen atoms in total. The van der Waals surface area contributed by atoms with Crippen molar-refractivity contribution in [3.05, 3.63) is 40.5 Å². The van der Waals surface area contributed by atoms with Crippen molar-refractivity contribution in [3.63, 3.8) is 0 Å². The third-order valence-corrected chi connectivity index (χ3v) is 4.64. The van der Waals surface area contributed by atoms with Crippen LogP contribution in [0.1, 0.15) is 17.7 Å². The number of para-hydroxylation sites is 1. The van der Waals surface area contributed by atoms with Crippen molar-refractivity contribution in [1.82, 2.24) is 9.88 Å². The number of aryl methyl sites for hydroxylation is 1. The number of likely N-dealkylation sites (tertiary alicyclic amines) is 1. The Bertz CT molecular complexity index is 702. The number of aliphatic carboxylic acids is 1. The molecule has 0 spiro atoms. The average molecular weight is 305 g/mol. The van der Waals surface area contributed by atoms with Crippen LogP contribution in [0, 0.1) is 12.8 Å². The fourth-order valence-electron chi connectivity index (χ4n) is 2.91. The first-order valence-corrected chi connectivity index (χ1v) is 7.43. The summed E-state index contributed by atoms with van der Waals surface area (Å²) < 4.78 is 0. The summed E-state index contributed by atoms with van der Waals surface area (Å²) in [5, 5.41) is 10.8. The Balaban J connectivity index is 1.88. The SMILES string of the molecule is Cc1c(Cl)c(CN2CCC(C(=O)O)C2)nc2ccccc12. The largest absolute Gasteiger partial charge is 0.481 e. The van der Waals surface area contributed by atoms with Crippen molar-refractivity contribution in [3.8, 4) is 0 Å². The molecule has 5 heteroatoms. The Labute approximate surface area is 128 Å². The number of hydrogen-bond donors (Lipinski definition) is 1. The van der Waals surface area contributed by atoms with Gasteiger partial charge in [-0.1, -0.05) is 29.8 Å². The molecule has 0 aliphatic carbocycles. The Morgan fingerprint density at radius 3 is 2.95 bits per heavy atom. The Morgan fingerprint density at radius 1 is 1.48 bits per heavy atom. The maximum Gasteiger partial charge on any atom is 0.307 e. The second kappa shape index (κ2) is 5.62. The van der Waals surface area contributed by atoms with E-state index in [9.17, 15) is 4.79 Å². The van der Waals surface area contributed by atoms with Gasteiger partial charge < -0.3 is 5.11 Å². The van der Waals surface area contributed by atoms with Gasteiger partial charge >= 0.3 is 5.97 Å². The highest BCUT2D eigenvalue weighted by Crippen LogP contribution is 2.29. The summed E-state index contributed by atoms with van der Waals surface area (Å²) in [6, 6.07) is 7.93. The first-order valence-electron chi connectivity index (χ1n) is 7.05. The minimum absolute atomic E-state index is 0.273. The van der Waals surface area contributed by atoms with Crippen molar-refractivity contribution in [1.29, 1.82) is 0 Å². The minimum atomic E-state index is -0.716. The van der Waals surface area contributed by atoms with Crippen LogP contribution in [0.3, 0.4) is 0 Å². The molecule has 21 heavy (non-hydrogen) atoms. The van der Waals surface area contributed by atoms with E-state index in [4.69, 9.17) is 16.7 Å². The fourth-order valence-corrected chi connectivity index (χ4v) is 3.12. The number of aromatic nitrogens is 1. The number of benzene rings is 1. The van der Waals surface area contributed by atoms with E-state index in [0.29, 0.717) is 24.5 Å². The molecule has 110 valence electrons. The van der Waals surface area contributed by atoms with Crippen molar-refractivity contribution < 1.29 is 9.90 Å². The zero-order chi connectivity index (χ0) is 15.0. The van der Waals surface area contributed by atoms with Crippen LogP contribution in [-0.2, 0) is 11.3 Å². The van der Waals surface area contributed by atoms with E-state index in [1.807, 2.05) is 31.2 Å². The number of carboxylic acid groups (broad SMARTS) is 1. The van der Waals surface area contributed by atoms with Crippen molar-refractivity contribution in [2.24, 2.45) is 5.92 Å². The van der Waals surface area contributed by atoms with Crippen LogP contribution >= 0.6 is 11.6 Å². The number of nitrogens with zero attached hydrogens (tertiary/aromatic N) is 2. The van der Waals surface area contributed by atoms with E-state index >= 15 is 0 Å². The number of pyridine rings is 1. The predicted molar refractivity (Wildman–Crippen MR) is 82.5 cm³/mol. The topological polar surface area (TPSA) is 53.4 Å². The third kappa shape index (κ3) is 2.74. The van der Waals surface area contributed by atoms with E-state index in [2.05, 4.69) is 9.88 Å². The maximum atomic E-state index is 11.0. The fraction of sp³-hybridized carbons (Fsp3) is 0.375. The van der Waals surface area contributed by atoms with Crippen LogP contribution in [0.5, 0.6) is 0 Å². The molecule has 1 aliphatic heterocycles. The second-order valence-corrected chi connectivity index (χ2v) is 5.95. The first-order chi connectivity index (χ1) is 10.1. The number of rotatable bonds is 3. The van der Waals surface area contributed by atoms with Gasteiger partial charge in [0, 0.05) is 18.5 Å². The van der Waals surface area contributed by atoms with Crippen molar-refractivity contribution in [2.45, 2.75) is 19.9 Å². The normalized spacial score (nSPS) is 19.2. The highest BCUT2D eigenvalue weighted by molar-refractivity contribution is 6.32. The van der Waals surface area contributed by atoms with Crippen LogP contribution in [0.25, 0.3) is 10.9 Å². The van der Waals surface area contributed by atoms with E-state index in [1.165, 1.54) is 0 Å². The molecule has 1 N–H and O–H groups in total. The van der Waals surface area contributed by atoms with E-state index in [-0.39, 0.29) is 5.92 Å². The van der Waals surface area contributed by atoms with E-state index in [1.54, 1.807) is 0 Å². The van der Waals surface area contributed by atoms with Crippen LogP contribution in [0.4, 0.5) is 0 Å². The second-order valence-electron chi connectivity index (χ2n) is 5.57. The van der Waals surface area contributed by atoms with Crippen LogP contribution in [-0.4, -0.2) is 34.0 Å². The highest BCUT2D eigenvalue weighted by atomic mass is 35.5. The molecule has 1 unspecified atom stereocenters. The summed E-state index contributed by atoms with van der Waals surface area (Å²) in [6.45, 7) is 3.95. The number of hydrogen-bond acceptors (Lipinski definition) is 3. The van der Waals surface area contributed by atoms with Gasteiger partial charge in [0.2, 0.25) is 0 Å². The van der Waals surface area contributed by atoms with Gasteiger partial charge in [0.25, 0.3) is 0 Å². The summed E-state index contributed by atoms with van der Waals surface area (Å²) in [5.74, 6) is -0.989. The Hall–Kier alpha value is -1.65. The number of carboxylic acids is 1. The lowest BCUT2D eigenvalue weighted by Gasteiger charge is -2.17. The van der Waals surface area contributed by atoms with Gasteiger partial charge in [0.1, 0.15) is 0 Å². The molecule has 0 saturated carbocycles. The van der Waals surface area contributed by atoms with Gasteiger partial charge in [-0.05, 0) is 31.5 Å². The molecule has 0 radical (unpaired) electrons. The molecule has 1 aromatic heterocycles. The molecule has 1 fully saturated rings. The molecule has 2 aromatic rings. The van der Waals surface area contributed by atoms with Crippen molar-refractivity contribution >= 4 is 28.5 Å². The van der Waals surface area contributed by atoms with Crippen LogP contribution in [0.2, 0.25) is 5.02 Å². The monoisotopic (exact) mass is 304 g/mol. The molecule has 0 bridgehead atoms. The van der Waals surface area contributed by atoms with Gasteiger partial charge in [-0.15, -0.1) is 0 Å². The summed E-state index contributed by atoms with van der Waals surface area (Å²) >= 11 is 6.44. The van der Waals surface area contributed by atoms with E-state index < -0.39 is 5.97 Å². The van der Waals surface area contributed by atoms with Crippen molar-refractivity contribution in [2.75, 3.05) is 13.1 Å². The van der Waals surface area contributed by atoms with Gasteiger partial charge in [0.05, 0.1) is 22.2 Å². The van der Waals surface area contributed by atoms with Gasteiger partial charge in [-0.3, -0.25) is 9.69 Å². The van der Waals surface area contributed by atoms with Gasteiger partial charge in [-0.25, -0.2) is 4.98 Å². The smallest absolute Gasteiger partial charge is 0.307 e. The standard InChI is InChI=1S/C16H17ClN2O2/c1-10-12-4-2-3-5-13(12)18-14(15(10)17)9-19-7-6-11(8-19)16(20)21/h2-5,11H,6-9H2,1H3,(H,20,21). The molecular formula is C16H17ClN2O2. The minimum Gasteiger partial charge on any atom is -0.481 e. The summed E-state index contributed by atoms with van der Waals surface area (Å²) in [4.78, 5) is 17.8. The molecule has 1 atom stereocenters. The van der Waals surface area contributed by atoms with E-state index in [0.717, 1.165) is 28.7 Å². The summed E-state index contributed by atoms with van der Waals surface area (Å²) in [7, 11) is 0. The quantitative estimate of drug-likeness (QED) is 0.946. The Kier molecular flexibility index (Phi) is 3.83. The Morgan fingerprint density at radius 2 is 2.24 bits per heavy atom. The maximum absolute atomic E-state index is 11.0. The van der Waals surface area contributed by atoms with Gasteiger partial charge in [0.15, 0.2) is 0 Å². The van der Waals surface area contributed by atoms with Crippen LogP contribution < -0.4 is 0 Å². The number of fused-ring (bicyclic) bond motifs is 1. The molecule has 0 amide bonds. The molecule has 2 heterocycles. The molecule has 1 saturated heterocycles. The third-order valence-electron chi connectivity index (χ3n) is 4.14. The first kappa shape index (κ1) is 14.3. The van der Waals surface area contributed by atoms with Crippen LogP contribution in [0.15, 0.2) is 24.3 Å². The zero-order valence-corrected chi connectivity index (χ0v) is 12.6. The lowest BCUT2D eigenvalue weighted by Crippen LogP contribution is -2.23. The highest BCUT2D eigenvalue weighted by Gasteiger charge is 2.28. The summed E-state index contributed by atoms with van der Waals surface area (Å²) in [6.07, 6.45) is 0.694. The molecule has 3 rings (SSSR count). The predicted octanol–water partition coefficient (Wildman–Crippen LogP) is 3.10. The number of halogens is 1. The molecule has 1 aromatic carbocycles. The lowest BCUT2D eigenvalue weighted by molar-refractivity contribution is -0.141. The molecular weight excluding hydrogens is 288 g/mol. The van der Waals surface area contributed by atoms with Gasteiger partial charge in [-0.2, -0.15) is 0 Å². The summed E-state index contributed by atoms with van der Waals surface area (Å²) in [5.41, 5.74) is 2.80. The zero-order valence-electron chi connectivity index (χ0n) is 11.8. The number of carbonyl (C=O) groups is 1. The average Bonchev–Trinajstić information content (AvgIpc) is 2.93. The lowest BCUT2D eigenvalue weighted by atomic mass is 10.1. The molecule has 1 aliphatic rings.